The van der Waals surface area contributed by atoms with Crippen molar-refractivity contribution in [1.82, 2.24) is 0 Å². The van der Waals surface area contributed by atoms with Gasteiger partial charge in [-0.15, -0.1) is 21.9 Å². The Hall–Kier alpha value is -4.50. The van der Waals surface area contributed by atoms with Crippen molar-refractivity contribution in [2.24, 2.45) is 0 Å². The lowest BCUT2D eigenvalue weighted by Crippen LogP contribution is -2.84. The van der Waals surface area contributed by atoms with E-state index in [0.717, 1.165) is 0 Å². The second-order valence-corrected chi connectivity index (χ2v) is 10.7. The van der Waals surface area contributed by atoms with Crippen LogP contribution in [0.5, 0.6) is 0 Å². The van der Waals surface area contributed by atoms with Gasteiger partial charge in [0.05, 0.1) is 13.1 Å². The maximum Gasteiger partial charge on any atom is 0.200 e. The third-order valence-electron chi connectivity index (χ3n) is 7.69. The minimum Gasteiger partial charge on any atom is -0.346 e. The predicted octanol–water partition coefficient (Wildman–Crippen LogP) is 6.22. The summed E-state index contributed by atoms with van der Waals surface area (Å²) in [6, 6.07) is 0. The number of rotatable bonds is 8. The number of nitrogens with two attached hydrogens (primary N) is 1. The van der Waals surface area contributed by atoms with E-state index >= 15 is 35.1 Å². The molecule has 1 nitrogen and oxygen atoms in total. The Morgan fingerprint density at radius 1 is 0.269 bits per heavy atom. The molecule has 4 aromatic carbocycles. The van der Waals surface area contributed by atoms with Gasteiger partial charge >= 0.3 is 0 Å². The minimum absolute atomic E-state index is 1.30. The van der Waals surface area contributed by atoms with Crippen molar-refractivity contribution in [2.75, 3.05) is 13.1 Å². The number of benzene rings is 4. The minimum atomic E-state index is -7.22. The summed E-state index contributed by atoms with van der Waals surface area (Å²) >= 11 is 0. The summed E-state index contributed by atoms with van der Waals surface area (Å²) in [5.74, 6) is -71.4. The highest BCUT2D eigenvalue weighted by Gasteiger charge is 2.52. The van der Waals surface area contributed by atoms with Crippen LogP contribution in [-0.2, 0) is 0 Å². The van der Waals surface area contributed by atoms with Crippen molar-refractivity contribution in [3.8, 4) is 0 Å². The highest BCUT2D eigenvalue weighted by molar-refractivity contribution is 7.20. The van der Waals surface area contributed by atoms with E-state index in [1.54, 1.807) is 0 Å². The van der Waals surface area contributed by atoms with E-state index < -0.39 is 144 Å². The standard InChI is InChI=1S/C24BF20.C6H15N/c26-5-1(6(27)14(35)21(42)13(5)34)25(2-7(28)15(36)22(43)16(37)8(2)29,3-9(30)17(38)23(44)18(39)10(3)31)4-11(32)19(40)24(45)20(41)12(4)33;1-3-5-7-6-4-2/h;7H,3-6H2,1-2H3/q-1;/p+1. The SMILES string of the molecule is CCC[NH2+]CCC.Fc1c(F)c(F)c([B-](c2c(F)c(F)c(F)c(F)c2F)(c2c(F)c(F)c(F)c(F)c2F)c2c(F)c(F)c(F)c(F)c2F)c(F)c1F. The largest absolute Gasteiger partial charge is 0.346 e. The zero-order valence-electron chi connectivity index (χ0n) is 25.5. The smallest absolute Gasteiger partial charge is 0.200 e. The molecule has 22 heteroatoms. The Bertz CT molecular complexity index is 1660. The van der Waals surface area contributed by atoms with Gasteiger partial charge in [-0.2, -0.15) is 0 Å². The molecule has 0 aliphatic carbocycles. The summed E-state index contributed by atoms with van der Waals surface area (Å²) in [6.07, 6.45) is -4.61. The quantitative estimate of drug-likeness (QED) is 0.0721. The Morgan fingerprint density at radius 2 is 0.404 bits per heavy atom. The molecule has 0 atom stereocenters. The Labute approximate surface area is 277 Å². The summed E-state index contributed by atoms with van der Waals surface area (Å²) in [5, 5.41) is 2.36. The van der Waals surface area contributed by atoms with Gasteiger partial charge in [0.15, 0.2) is 69.8 Å². The van der Waals surface area contributed by atoms with Crippen LogP contribution >= 0.6 is 0 Å². The molecule has 2 N–H and O–H groups in total. The first-order valence-electron chi connectivity index (χ1n) is 14.2. The molecule has 0 bridgehead atoms. The third kappa shape index (κ3) is 6.31. The molecule has 52 heavy (non-hydrogen) atoms. The van der Waals surface area contributed by atoms with Gasteiger partial charge in [-0.25, -0.2) is 87.8 Å². The molecule has 0 aliphatic heterocycles. The van der Waals surface area contributed by atoms with Gasteiger partial charge in [-0.05, 0) is 12.8 Å². The number of quaternary nitrogens is 1. The molecule has 0 amide bonds. The van der Waals surface area contributed by atoms with Gasteiger partial charge in [0, 0.05) is 0 Å². The van der Waals surface area contributed by atoms with Gasteiger partial charge in [-0.1, -0.05) is 13.8 Å². The van der Waals surface area contributed by atoms with Gasteiger partial charge in [0.2, 0.25) is 0 Å². The van der Waals surface area contributed by atoms with Crippen LogP contribution in [0.1, 0.15) is 26.7 Å². The average molecular weight is 781 g/mol. The Morgan fingerprint density at radius 3 is 0.538 bits per heavy atom. The van der Waals surface area contributed by atoms with Gasteiger partial charge in [0.1, 0.15) is 52.7 Å². The van der Waals surface area contributed by atoms with Crippen LogP contribution in [0.25, 0.3) is 0 Å². The number of hydrogen-bond donors (Lipinski definition) is 1. The molecule has 0 radical (unpaired) electrons. The van der Waals surface area contributed by atoms with Gasteiger partial charge < -0.3 is 5.32 Å². The topological polar surface area (TPSA) is 16.6 Å². The molecule has 0 saturated heterocycles. The maximum absolute atomic E-state index is 15.4. The van der Waals surface area contributed by atoms with Crippen molar-refractivity contribution >= 4 is 28.0 Å². The monoisotopic (exact) mass is 781 g/mol. The Balaban J connectivity index is 0.000000944. The zero-order chi connectivity index (χ0) is 39.9. The summed E-state index contributed by atoms with van der Waals surface area (Å²) in [7, 11) is 0. The summed E-state index contributed by atoms with van der Waals surface area (Å²) < 4.78 is 294. The van der Waals surface area contributed by atoms with Crippen LogP contribution < -0.4 is 27.2 Å². The normalized spacial score (nSPS) is 11.7. The van der Waals surface area contributed by atoms with Crippen LogP contribution in [0.3, 0.4) is 0 Å². The van der Waals surface area contributed by atoms with Gasteiger partial charge in [-0.3, -0.25) is 0 Å². The fourth-order valence-corrected chi connectivity index (χ4v) is 5.43. The molecule has 4 rings (SSSR count). The summed E-state index contributed by atoms with van der Waals surface area (Å²) in [4.78, 5) is 0. The van der Waals surface area contributed by atoms with Crippen molar-refractivity contribution in [1.29, 1.82) is 0 Å². The molecule has 0 spiro atoms. The van der Waals surface area contributed by atoms with Crippen molar-refractivity contribution < 1.29 is 93.1 Å². The summed E-state index contributed by atoms with van der Waals surface area (Å²) in [5.41, 5.74) is -14.3. The number of hydrogen-bond acceptors (Lipinski definition) is 0. The highest BCUT2D eigenvalue weighted by Crippen LogP contribution is 2.30. The van der Waals surface area contributed by atoms with E-state index in [1.165, 1.54) is 25.9 Å². The van der Waals surface area contributed by atoms with Crippen molar-refractivity contribution in [2.45, 2.75) is 26.7 Å². The fourth-order valence-electron chi connectivity index (χ4n) is 5.43. The fraction of sp³-hybridized carbons (Fsp3) is 0.200. The van der Waals surface area contributed by atoms with Crippen LogP contribution in [0.4, 0.5) is 87.8 Å². The first-order chi connectivity index (χ1) is 24.1. The van der Waals surface area contributed by atoms with Crippen LogP contribution in [0.15, 0.2) is 0 Å². The molecule has 0 aromatic heterocycles. The lowest BCUT2D eigenvalue weighted by molar-refractivity contribution is -0.654. The second-order valence-electron chi connectivity index (χ2n) is 10.7. The van der Waals surface area contributed by atoms with E-state index in [9.17, 15) is 52.7 Å². The second kappa shape index (κ2) is 15.6. The molecule has 0 unspecified atom stereocenters. The lowest BCUT2D eigenvalue weighted by Gasteiger charge is -2.44. The van der Waals surface area contributed by atoms with Crippen molar-refractivity contribution in [3.63, 3.8) is 0 Å². The lowest BCUT2D eigenvalue weighted by atomic mass is 9.12. The van der Waals surface area contributed by atoms with Crippen LogP contribution in [-0.4, -0.2) is 19.2 Å². The van der Waals surface area contributed by atoms with E-state index in [0.29, 0.717) is 0 Å². The molecule has 4 aromatic rings. The maximum atomic E-state index is 15.4. The average Bonchev–Trinajstić information content (AvgIpc) is 3.12. The van der Waals surface area contributed by atoms with E-state index in [4.69, 9.17) is 0 Å². The van der Waals surface area contributed by atoms with Gasteiger partial charge in [0.25, 0.3) is 0 Å². The van der Waals surface area contributed by atoms with E-state index in [1.807, 2.05) is 0 Å². The molecule has 0 saturated carbocycles. The molecular weight excluding hydrogens is 765 g/mol. The van der Waals surface area contributed by atoms with E-state index in [2.05, 4.69) is 19.2 Å². The summed E-state index contributed by atoms with van der Waals surface area (Å²) in [6.45, 7) is 7.03. The van der Waals surface area contributed by atoms with Crippen LogP contribution in [0.2, 0.25) is 0 Å². The molecule has 284 valence electrons. The van der Waals surface area contributed by atoms with Crippen LogP contribution in [0, 0.1) is 116 Å². The van der Waals surface area contributed by atoms with E-state index in [-0.39, 0.29) is 0 Å². The molecular formula is C30H16BF20N. The first-order valence-corrected chi connectivity index (χ1v) is 14.2. The van der Waals surface area contributed by atoms with Crippen molar-refractivity contribution in [3.05, 3.63) is 116 Å². The third-order valence-corrected chi connectivity index (χ3v) is 7.69. The molecule has 0 aliphatic rings. The zero-order valence-corrected chi connectivity index (χ0v) is 25.5. The Kier molecular flexibility index (Phi) is 12.6. The first kappa shape index (κ1) is 41.9. The predicted molar refractivity (Wildman–Crippen MR) is 141 cm³/mol. The molecule has 0 heterocycles. The molecule has 0 fully saturated rings. The number of halogens is 20. The highest BCUT2D eigenvalue weighted by atomic mass is 19.2.